The minimum atomic E-state index is 0.0469. The van der Waals surface area contributed by atoms with Crippen molar-refractivity contribution in [3.05, 3.63) is 59.7 Å². The number of rotatable bonds is 9. The summed E-state index contributed by atoms with van der Waals surface area (Å²) in [4.78, 5) is 17.2. The number of aryl methyl sites for hydroxylation is 1. The lowest BCUT2D eigenvalue weighted by atomic mass is 10.1. The Hall–Kier alpha value is -2.91. The second-order valence-corrected chi connectivity index (χ2v) is 9.41. The molecule has 1 aliphatic rings. The summed E-state index contributed by atoms with van der Waals surface area (Å²) in [5, 5.41) is 12.6. The van der Waals surface area contributed by atoms with Crippen LogP contribution in [0.3, 0.4) is 0 Å². The van der Waals surface area contributed by atoms with Crippen molar-refractivity contribution >= 4 is 23.4 Å². The molecule has 1 saturated heterocycles. The molecule has 1 aromatic heterocycles. The van der Waals surface area contributed by atoms with Crippen LogP contribution < -0.4 is 4.90 Å². The van der Waals surface area contributed by atoms with Crippen LogP contribution in [-0.4, -0.2) is 70.1 Å². The van der Waals surface area contributed by atoms with Gasteiger partial charge in [0.15, 0.2) is 0 Å². The highest BCUT2D eigenvalue weighted by atomic mass is 32.2. The molecule has 1 atom stereocenters. The summed E-state index contributed by atoms with van der Waals surface area (Å²) in [5.41, 5.74) is 4.27. The number of hydrogen-bond donors (Lipinski definition) is 0. The number of anilines is 1. The van der Waals surface area contributed by atoms with Crippen LogP contribution >= 0.6 is 11.8 Å². The van der Waals surface area contributed by atoms with Crippen molar-refractivity contribution in [3.63, 3.8) is 0 Å². The number of aromatic nitrogens is 4. The van der Waals surface area contributed by atoms with E-state index in [4.69, 9.17) is 4.74 Å². The van der Waals surface area contributed by atoms with Crippen molar-refractivity contribution in [1.29, 1.82) is 0 Å². The molecule has 0 aliphatic carbocycles. The molecule has 0 unspecified atom stereocenters. The van der Waals surface area contributed by atoms with Crippen LogP contribution in [0.4, 0.5) is 5.69 Å². The van der Waals surface area contributed by atoms with Gasteiger partial charge in [-0.3, -0.25) is 4.79 Å². The smallest absolute Gasteiger partial charge is 0.233 e. The molecule has 33 heavy (non-hydrogen) atoms. The Morgan fingerprint density at radius 1 is 1.15 bits per heavy atom. The number of tetrazole rings is 1. The van der Waals surface area contributed by atoms with Gasteiger partial charge in [0.1, 0.15) is 0 Å². The lowest BCUT2D eigenvalue weighted by molar-refractivity contribution is -0.130. The molecular formula is C24H30N6O2S. The van der Waals surface area contributed by atoms with Crippen LogP contribution in [0, 0.1) is 6.92 Å². The Balaban J connectivity index is 1.44. The zero-order valence-corrected chi connectivity index (χ0v) is 20.2. The molecule has 8 nitrogen and oxygen atoms in total. The fourth-order valence-electron chi connectivity index (χ4n) is 3.74. The van der Waals surface area contributed by atoms with Crippen molar-refractivity contribution in [2.45, 2.75) is 37.6 Å². The molecule has 1 fully saturated rings. The predicted molar refractivity (Wildman–Crippen MR) is 130 cm³/mol. The van der Waals surface area contributed by atoms with Gasteiger partial charge in [-0.25, -0.2) is 0 Å². The fraction of sp³-hybridized carbons (Fsp3) is 0.417. The van der Waals surface area contributed by atoms with Gasteiger partial charge in [0, 0.05) is 39.5 Å². The van der Waals surface area contributed by atoms with E-state index in [0.717, 1.165) is 36.4 Å². The van der Waals surface area contributed by atoms with E-state index in [1.165, 1.54) is 17.3 Å². The van der Waals surface area contributed by atoms with E-state index in [-0.39, 0.29) is 17.8 Å². The third-order valence-electron chi connectivity index (χ3n) is 5.67. The Kier molecular flexibility index (Phi) is 7.61. The van der Waals surface area contributed by atoms with Gasteiger partial charge in [-0.2, -0.15) is 4.68 Å². The van der Waals surface area contributed by atoms with Crippen molar-refractivity contribution < 1.29 is 9.53 Å². The Morgan fingerprint density at radius 3 is 2.58 bits per heavy atom. The molecular weight excluding hydrogens is 436 g/mol. The quantitative estimate of drug-likeness (QED) is 0.448. The lowest BCUT2D eigenvalue weighted by Crippen LogP contribution is -2.38. The minimum absolute atomic E-state index is 0.0469. The summed E-state index contributed by atoms with van der Waals surface area (Å²) in [6, 6.07) is 16.3. The number of ether oxygens (including phenoxy) is 1. The first-order chi connectivity index (χ1) is 16.0. The Labute approximate surface area is 198 Å². The van der Waals surface area contributed by atoms with E-state index in [9.17, 15) is 4.79 Å². The molecule has 4 rings (SSSR count). The number of benzene rings is 2. The molecule has 0 saturated carbocycles. The number of nitrogens with zero attached hydrogens (tertiary/aromatic N) is 6. The van der Waals surface area contributed by atoms with Crippen molar-refractivity contribution in [2.75, 3.05) is 37.9 Å². The van der Waals surface area contributed by atoms with Gasteiger partial charge in [-0.15, -0.1) is 5.10 Å². The highest BCUT2D eigenvalue weighted by Gasteiger charge is 2.23. The van der Waals surface area contributed by atoms with E-state index in [0.29, 0.717) is 18.2 Å². The minimum Gasteiger partial charge on any atom is -0.378 e. The van der Waals surface area contributed by atoms with Crippen molar-refractivity contribution in [2.24, 2.45) is 0 Å². The monoisotopic (exact) mass is 466 g/mol. The molecule has 0 spiro atoms. The van der Waals surface area contributed by atoms with E-state index >= 15 is 0 Å². The van der Waals surface area contributed by atoms with Crippen LogP contribution in [-0.2, 0) is 16.1 Å². The van der Waals surface area contributed by atoms with Crippen molar-refractivity contribution in [3.8, 4) is 5.69 Å². The maximum absolute atomic E-state index is 13.3. The second kappa shape index (κ2) is 10.8. The van der Waals surface area contributed by atoms with Crippen molar-refractivity contribution in [1.82, 2.24) is 25.1 Å². The highest BCUT2D eigenvalue weighted by Crippen LogP contribution is 2.22. The van der Waals surface area contributed by atoms with Gasteiger partial charge in [-0.1, -0.05) is 41.6 Å². The predicted octanol–water partition coefficient (Wildman–Crippen LogP) is 3.34. The number of amides is 1. The summed E-state index contributed by atoms with van der Waals surface area (Å²) in [7, 11) is 4.04. The maximum atomic E-state index is 13.3. The average Bonchev–Trinajstić information content (AvgIpc) is 3.50. The first kappa shape index (κ1) is 23.3. The number of carbonyl (C=O) groups is 1. The fourth-order valence-corrected chi connectivity index (χ4v) is 4.54. The normalized spacial score (nSPS) is 15.5. The van der Waals surface area contributed by atoms with Gasteiger partial charge < -0.3 is 14.5 Å². The van der Waals surface area contributed by atoms with E-state index in [1.54, 1.807) is 4.68 Å². The van der Waals surface area contributed by atoms with E-state index in [1.807, 2.05) is 50.2 Å². The number of hydrogen-bond acceptors (Lipinski definition) is 7. The summed E-state index contributed by atoms with van der Waals surface area (Å²) >= 11 is 1.35. The molecule has 3 aromatic rings. The van der Waals surface area contributed by atoms with E-state index in [2.05, 4.69) is 44.7 Å². The highest BCUT2D eigenvalue weighted by molar-refractivity contribution is 7.99. The van der Waals surface area contributed by atoms with Gasteiger partial charge in [0.05, 0.1) is 17.5 Å². The summed E-state index contributed by atoms with van der Waals surface area (Å²) in [6.45, 7) is 3.95. The SMILES string of the molecule is Cc1ccc(-n2nnnc2SCC(=O)N(Cc2ccc(N(C)C)cc2)C[C@H]2CCCO2)cc1. The summed E-state index contributed by atoms with van der Waals surface area (Å²) in [5.74, 6) is 0.306. The zero-order valence-electron chi connectivity index (χ0n) is 19.3. The topological polar surface area (TPSA) is 76.4 Å². The average molecular weight is 467 g/mol. The van der Waals surface area contributed by atoms with Crippen LogP contribution in [0.1, 0.15) is 24.0 Å². The molecule has 0 bridgehead atoms. The maximum Gasteiger partial charge on any atom is 0.233 e. The molecule has 174 valence electrons. The Morgan fingerprint density at radius 2 is 1.91 bits per heavy atom. The van der Waals surface area contributed by atoms with Crippen LogP contribution in [0.5, 0.6) is 0 Å². The zero-order chi connectivity index (χ0) is 23.2. The first-order valence-electron chi connectivity index (χ1n) is 11.1. The molecule has 9 heteroatoms. The molecule has 2 heterocycles. The molecule has 0 radical (unpaired) electrons. The van der Waals surface area contributed by atoms with Gasteiger partial charge >= 0.3 is 0 Å². The van der Waals surface area contributed by atoms with Crippen LogP contribution in [0.2, 0.25) is 0 Å². The largest absolute Gasteiger partial charge is 0.378 e. The Bertz CT molecular complexity index is 1050. The summed E-state index contributed by atoms with van der Waals surface area (Å²) < 4.78 is 7.48. The molecule has 0 N–H and O–H groups in total. The number of carbonyl (C=O) groups excluding carboxylic acids is 1. The lowest BCUT2D eigenvalue weighted by Gasteiger charge is -2.26. The van der Waals surface area contributed by atoms with Crippen LogP contribution in [0.25, 0.3) is 5.69 Å². The summed E-state index contributed by atoms with van der Waals surface area (Å²) in [6.07, 6.45) is 2.13. The standard InChI is InChI=1S/C24H30N6O2S/c1-18-6-10-21(11-7-18)30-24(25-26-27-30)33-17-23(31)29(16-22-5-4-14-32-22)15-19-8-12-20(13-9-19)28(2)3/h6-13,22H,4-5,14-17H2,1-3H3/t22-/m1/s1. The van der Waals surface area contributed by atoms with E-state index < -0.39 is 0 Å². The molecule has 1 amide bonds. The van der Waals surface area contributed by atoms with Gasteiger partial charge in [-0.05, 0) is 60.0 Å². The molecule has 2 aromatic carbocycles. The number of thioether (sulfide) groups is 1. The van der Waals surface area contributed by atoms with Crippen LogP contribution in [0.15, 0.2) is 53.7 Å². The third kappa shape index (κ3) is 6.11. The van der Waals surface area contributed by atoms with Gasteiger partial charge in [0.2, 0.25) is 11.1 Å². The molecule has 1 aliphatic heterocycles. The first-order valence-corrected chi connectivity index (χ1v) is 12.1. The third-order valence-corrected chi connectivity index (χ3v) is 6.58. The second-order valence-electron chi connectivity index (χ2n) is 8.47. The van der Waals surface area contributed by atoms with Gasteiger partial charge in [0.25, 0.3) is 0 Å².